The predicted molar refractivity (Wildman–Crippen MR) is 83.1 cm³/mol. The molecule has 1 aromatic carbocycles. The molecule has 0 radical (unpaired) electrons. The van der Waals surface area contributed by atoms with Gasteiger partial charge in [0.25, 0.3) is 0 Å². The first-order chi connectivity index (χ1) is 9.67. The fourth-order valence-electron chi connectivity index (χ4n) is 3.79. The SMILES string of the molecule is CC1(C)Oc2ccccc2C1NCCC1CCCCC1. The number of fused-ring (bicyclic) bond motifs is 1. The third kappa shape index (κ3) is 2.85. The van der Waals surface area contributed by atoms with E-state index in [0.29, 0.717) is 6.04 Å². The summed E-state index contributed by atoms with van der Waals surface area (Å²) in [6.45, 7) is 5.48. The van der Waals surface area contributed by atoms with Gasteiger partial charge in [-0.2, -0.15) is 0 Å². The van der Waals surface area contributed by atoms with Gasteiger partial charge in [0.15, 0.2) is 0 Å². The van der Waals surface area contributed by atoms with Crippen LogP contribution < -0.4 is 10.1 Å². The Morgan fingerprint density at radius 3 is 2.70 bits per heavy atom. The van der Waals surface area contributed by atoms with Crippen molar-refractivity contribution in [1.29, 1.82) is 0 Å². The van der Waals surface area contributed by atoms with Crippen LogP contribution in [0.2, 0.25) is 0 Å². The standard InChI is InChI=1S/C18H27NO/c1-18(2)17(15-10-6-7-11-16(15)20-18)19-13-12-14-8-4-3-5-9-14/h6-7,10-11,14,17,19H,3-5,8-9,12-13H2,1-2H3. The topological polar surface area (TPSA) is 21.3 Å². The van der Waals surface area contributed by atoms with Gasteiger partial charge < -0.3 is 10.1 Å². The molecule has 110 valence electrons. The molecule has 0 spiro atoms. The minimum atomic E-state index is -0.143. The third-order valence-electron chi connectivity index (χ3n) is 4.92. The normalized spacial score (nSPS) is 25.2. The molecule has 1 heterocycles. The number of hydrogen-bond donors (Lipinski definition) is 1. The largest absolute Gasteiger partial charge is 0.486 e. The van der Waals surface area contributed by atoms with Gasteiger partial charge in [-0.1, -0.05) is 50.3 Å². The van der Waals surface area contributed by atoms with Crippen LogP contribution in [0.25, 0.3) is 0 Å². The van der Waals surface area contributed by atoms with Gasteiger partial charge in [-0.05, 0) is 38.8 Å². The molecule has 0 amide bonds. The molecule has 1 fully saturated rings. The highest BCUT2D eigenvalue weighted by Gasteiger charge is 2.40. The Hall–Kier alpha value is -1.02. The molecule has 0 saturated heterocycles. The Balaban J connectivity index is 1.58. The van der Waals surface area contributed by atoms with Gasteiger partial charge in [0.1, 0.15) is 11.4 Å². The Bertz CT molecular complexity index is 448. The van der Waals surface area contributed by atoms with E-state index in [1.165, 1.54) is 44.1 Å². The molecular formula is C18H27NO. The minimum Gasteiger partial charge on any atom is -0.486 e. The summed E-state index contributed by atoms with van der Waals surface area (Å²) in [4.78, 5) is 0. The number of nitrogens with one attached hydrogen (secondary N) is 1. The fourth-order valence-corrected chi connectivity index (χ4v) is 3.79. The van der Waals surface area contributed by atoms with E-state index in [2.05, 4.69) is 43.4 Å². The van der Waals surface area contributed by atoms with E-state index in [1.54, 1.807) is 0 Å². The van der Waals surface area contributed by atoms with Crippen molar-refractivity contribution in [3.63, 3.8) is 0 Å². The van der Waals surface area contributed by atoms with Gasteiger partial charge in [-0.3, -0.25) is 0 Å². The van der Waals surface area contributed by atoms with Crippen LogP contribution in [0.5, 0.6) is 5.75 Å². The van der Waals surface area contributed by atoms with E-state index in [9.17, 15) is 0 Å². The predicted octanol–water partition coefficient (Wildman–Crippen LogP) is 4.46. The quantitative estimate of drug-likeness (QED) is 0.874. The lowest BCUT2D eigenvalue weighted by Crippen LogP contribution is -2.39. The molecule has 2 aliphatic rings. The van der Waals surface area contributed by atoms with Crippen molar-refractivity contribution < 1.29 is 4.74 Å². The van der Waals surface area contributed by atoms with Crippen LogP contribution in [0, 0.1) is 5.92 Å². The maximum atomic E-state index is 6.09. The summed E-state index contributed by atoms with van der Waals surface area (Å²) in [7, 11) is 0. The zero-order chi connectivity index (χ0) is 14.0. The lowest BCUT2D eigenvalue weighted by molar-refractivity contribution is 0.0955. The zero-order valence-corrected chi connectivity index (χ0v) is 12.8. The highest BCUT2D eigenvalue weighted by Crippen LogP contribution is 2.42. The van der Waals surface area contributed by atoms with E-state index in [1.807, 2.05) is 0 Å². The van der Waals surface area contributed by atoms with Crippen LogP contribution in [0.1, 0.15) is 64.0 Å². The van der Waals surface area contributed by atoms with Crippen LogP contribution in [0.3, 0.4) is 0 Å². The fraction of sp³-hybridized carbons (Fsp3) is 0.667. The lowest BCUT2D eigenvalue weighted by atomic mass is 9.86. The maximum Gasteiger partial charge on any atom is 0.125 e. The minimum absolute atomic E-state index is 0.143. The van der Waals surface area contributed by atoms with E-state index >= 15 is 0 Å². The first-order valence-corrected chi connectivity index (χ1v) is 8.18. The number of ether oxygens (including phenoxy) is 1. The summed E-state index contributed by atoms with van der Waals surface area (Å²) in [6, 6.07) is 8.77. The summed E-state index contributed by atoms with van der Waals surface area (Å²) in [5, 5.41) is 3.75. The molecular weight excluding hydrogens is 246 g/mol. The molecule has 1 aromatic rings. The molecule has 1 atom stereocenters. The van der Waals surface area contributed by atoms with Crippen molar-refractivity contribution in [2.45, 2.75) is 64.0 Å². The zero-order valence-electron chi connectivity index (χ0n) is 12.8. The first kappa shape index (κ1) is 13.9. The van der Waals surface area contributed by atoms with Crippen molar-refractivity contribution in [2.24, 2.45) is 5.92 Å². The molecule has 1 saturated carbocycles. The molecule has 0 aromatic heterocycles. The number of hydrogen-bond acceptors (Lipinski definition) is 2. The van der Waals surface area contributed by atoms with Gasteiger partial charge in [0.2, 0.25) is 0 Å². The molecule has 1 aliphatic heterocycles. The van der Waals surface area contributed by atoms with Crippen molar-refractivity contribution in [3.05, 3.63) is 29.8 Å². The number of rotatable bonds is 4. The van der Waals surface area contributed by atoms with Crippen LogP contribution in [0.15, 0.2) is 24.3 Å². The van der Waals surface area contributed by atoms with Gasteiger partial charge in [-0.25, -0.2) is 0 Å². The molecule has 1 N–H and O–H groups in total. The second-order valence-corrected chi connectivity index (χ2v) is 6.92. The molecule has 0 bridgehead atoms. The highest BCUT2D eigenvalue weighted by molar-refractivity contribution is 5.42. The first-order valence-electron chi connectivity index (χ1n) is 8.18. The Kier molecular flexibility index (Phi) is 4.02. The van der Waals surface area contributed by atoms with Gasteiger partial charge in [0.05, 0.1) is 6.04 Å². The van der Waals surface area contributed by atoms with Crippen molar-refractivity contribution in [3.8, 4) is 5.75 Å². The molecule has 1 aliphatic carbocycles. The summed E-state index contributed by atoms with van der Waals surface area (Å²) >= 11 is 0. The summed E-state index contributed by atoms with van der Waals surface area (Å²) in [6.07, 6.45) is 8.50. The summed E-state index contributed by atoms with van der Waals surface area (Å²) < 4.78 is 6.09. The molecule has 3 rings (SSSR count). The maximum absolute atomic E-state index is 6.09. The van der Waals surface area contributed by atoms with Gasteiger partial charge in [0, 0.05) is 5.56 Å². The molecule has 2 nitrogen and oxygen atoms in total. The monoisotopic (exact) mass is 273 g/mol. The summed E-state index contributed by atoms with van der Waals surface area (Å²) in [5.41, 5.74) is 1.18. The van der Waals surface area contributed by atoms with Crippen molar-refractivity contribution >= 4 is 0 Å². The lowest BCUT2D eigenvalue weighted by Gasteiger charge is -2.28. The van der Waals surface area contributed by atoms with Crippen LogP contribution in [0.4, 0.5) is 0 Å². The van der Waals surface area contributed by atoms with Crippen LogP contribution >= 0.6 is 0 Å². The average Bonchev–Trinajstić information content (AvgIpc) is 2.71. The Morgan fingerprint density at radius 2 is 1.90 bits per heavy atom. The average molecular weight is 273 g/mol. The van der Waals surface area contributed by atoms with Crippen molar-refractivity contribution in [2.75, 3.05) is 6.54 Å². The molecule has 1 unspecified atom stereocenters. The second-order valence-electron chi connectivity index (χ2n) is 6.92. The third-order valence-corrected chi connectivity index (χ3v) is 4.92. The van der Waals surface area contributed by atoms with Crippen LogP contribution in [-0.2, 0) is 0 Å². The Morgan fingerprint density at radius 1 is 1.15 bits per heavy atom. The van der Waals surface area contributed by atoms with E-state index in [0.717, 1.165) is 18.2 Å². The highest BCUT2D eigenvalue weighted by atomic mass is 16.5. The Labute approximate surface area is 122 Å². The van der Waals surface area contributed by atoms with Crippen LogP contribution in [-0.4, -0.2) is 12.1 Å². The van der Waals surface area contributed by atoms with E-state index in [-0.39, 0.29) is 5.60 Å². The number of para-hydroxylation sites is 1. The molecule has 2 heteroatoms. The van der Waals surface area contributed by atoms with E-state index in [4.69, 9.17) is 4.74 Å². The van der Waals surface area contributed by atoms with Crippen molar-refractivity contribution in [1.82, 2.24) is 5.32 Å². The van der Waals surface area contributed by atoms with Gasteiger partial charge in [-0.15, -0.1) is 0 Å². The molecule has 20 heavy (non-hydrogen) atoms. The summed E-state index contributed by atoms with van der Waals surface area (Å²) in [5.74, 6) is 1.99. The second kappa shape index (κ2) is 5.77. The van der Waals surface area contributed by atoms with E-state index < -0.39 is 0 Å². The van der Waals surface area contributed by atoms with Gasteiger partial charge >= 0.3 is 0 Å². The smallest absolute Gasteiger partial charge is 0.125 e. The number of benzene rings is 1.